The number of ether oxygens (including phenoxy) is 1. The number of carbonyl (C=O) groups excluding carboxylic acids is 1. The van der Waals surface area contributed by atoms with E-state index in [1.807, 2.05) is 0 Å². The predicted molar refractivity (Wildman–Crippen MR) is 65.8 cm³/mol. The van der Waals surface area contributed by atoms with Crippen LogP contribution in [0.2, 0.25) is 0 Å². The first-order chi connectivity index (χ1) is 8.27. The molecule has 0 saturated carbocycles. The highest BCUT2D eigenvalue weighted by atomic mass is 16.5. The highest BCUT2D eigenvalue weighted by Crippen LogP contribution is 2.10. The number of hydrogen-bond donors (Lipinski definition) is 2. The molecule has 1 aromatic carbocycles. The minimum atomic E-state index is -0.426. The Morgan fingerprint density at radius 2 is 2.12 bits per heavy atom. The number of terminal acetylenes is 1. The van der Waals surface area contributed by atoms with Gasteiger partial charge in [0.1, 0.15) is 0 Å². The number of nitrogens with one attached hydrogen (secondary N) is 1. The van der Waals surface area contributed by atoms with Crippen LogP contribution in [-0.4, -0.2) is 30.8 Å². The lowest BCUT2D eigenvalue weighted by Crippen LogP contribution is -2.06. The van der Waals surface area contributed by atoms with Gasteiger partial charge in [0.15, 0.2) is 6.61 Å². The summed E-state index contributed by atoms with van der Waals surface area (Å²) in [5, 5.41) is 11.7. The molecular weight excluding hydrogens is 218 g/mol. The number of benzene rings is 1. The van der Waals surface area contributed by atoms with Crippen molar-refractivity contribution in [1.82, 2.24) is 0 Å². The summed E-state index contributed by atoms with van der Waals surface area (Å²) in [5.41, 5.74) is 1.36. The molecule has 4 heteroatoms. The Hall–Kier alpha value is -1.99. The van der Waals surface area contributed by atoms with Crippen LogP contribution < -0.4 is 5.32 Å². The molecule has 1 rings (SSSR count). The monoisotopic (exact) mass is 233 g/mol. The molecule has 0 fully saturated rings. The fraction of sp³-hybridized carbons (Fsp3) is 0.308. The van der Waals surface area contributed by atoms with Crippen LogP contribution in [0, 0.1) is 12.3 Å². The molecule has 0 atom stereocenters. The average molecular weight is 233 g/mol. The fourth-order valence-corrected chi connectivity index (χ4v) is 1.23. The molecule has 17 heavy (non-hydrogen) atoms. The summed E-state index contributed by atoms with van der Waals surface area (Å²) in [4.78, 5) is 11.4. The molecule has 0 heterocycles. The molecule has 2 N–H and O–H groups in total. The molecular formula is C13H15NO3. The second-order valence-corrected chi connectivity index (χ2v) is 3.36. The summed E-state index contributed by atoms with van der Waals surface area (Å²) in [6.45, 7) is 0.830. The van der Waals surface area contributed by atoms with E-state index in [0.29, 0.717) is 18.5 Å². The molecule has 0 radical (unpaired) electrons. The van der Waals surface area contributed by atoms with Gasteiger partial charge in [-0.05, 0) is 30.7 Å². The molecule has 90 valence electrons. The summed E-state index contributed by atoms with van der Waals surface area (Å²) in [6, 6.07) is 6.90. The zero-order chi connectivity index (χ0) is 12.5. The van der Waals surface area contributed by atoms with E-state index in [4.69, 9.17) is 16.3 Å². The average Bonchev–Trinajstić information content (AvgIpc) is 2.37. The number of rotatable bonds is 6. The molecule has 0 aliphatic rings. The third-order valence-corrected chi connectivity index (χ3v) is 2.07. The van der Waals surface area contributed by atoms with E-state index in [0.717, 1.165) is 5.69 Å². The van der Waals surface area contributed by atoms with Crippen molar-refractivity contribution in [3.63, 3.8) is 0 Å². The van der Waals surface area contributed by atoms with Crippen molar-refractivity contribution in [3.05, 3.63) is 29.8 Å². The smallest absolute Gasteiger partial charge is 0.339 e. The maximum atomic E-state index is 11.4. The molecule has 0 saturated heterocycles. The van der Waals surface area contributed by atoms with E-state index >= 15 is 0 Å². The second-order valence-electron chi connectivity index (χ2n) is 3.36. The van der Waals surface area contributed by atoms with Gasteiger partial charge in [-0.2, -0.15) is 0 Å². The van der Waals surface area contributed by atoms with Gasteiger partial charge in [0, 0.05) is 18.8 Å². The standard InChI is InChI=1S/C13H15NO3/c1-2-10-17-13(16)11-4-6-12(7-5-11)14-8-3-9-15/h1,4-7,14-15H,3,8-10H2. The zero-order valence-electron chi connectivity index (χ0n) is 9.48. The van der Waals surface area contributed by atoms with Crippen LogP contribution in [-0.2, 0) is 4.74 Å². The molecule has 0 spiro atoms. The summed E-state index contributed by atoms with van der Waals surface area (Å²) in [5.74, 6) is 1.81. The largest absolute Gasteiger partial charge is 0.449 e. The van der Waals surface area contributed by atoms with Crippen molar-refractivity contribution in [3.8, 4) is 12.3 Å². The van der Waals surface area contributed by atoms with E-state index in [2.05, 4.69) is 11.2 Å². The van der Waals surface area contributed by atoms with Gasteiger partial charge in [-0.3, -0.25) is 0 Å². The van der Waals surface area contributed by atoms with Gasteiger partial charge in [0.2, 0.25) is 0 Å². The van der Waals surface area contributed by atoms with Crippen molar-refractivity contribution in [2.24, 2.45) is 0 Å². The number of anilines is 1. The van der Waals surface area contributed by atoms with Gasteiger partial charge in [0.05, 0.1) is 5.56 Å². The lowest BCUT2D eigenvalue weighted by molar-refractivity contribution is 0.0557. The number of esters is 1. The Bertz CT molecular complexity index is 392. The minimum absolute atomic E-state index is 0.0185. The molecule has 1 aromatic rings. The third-order valence-electron chi connectivity index (χ3n) is 2.07. The van der Waals surface area contributed by atoms with Gasteiger partial charge in [-0.15, -0.1) is 6.42 Å². The fourth-order valence-electron chi connectivity index (χ4n) is 1.23. The van der Waals surface area contributed by atoms with Crippen molar-refractivity contribution in [1.29, 1.82) is 0 Å². The van der Waals surface area contributed by atoms with Crippen LogP contribution in [0.15, 0.2) is 24.3 Å². The van der Waals surface area contributed by atoms with E-state index in [-0.39, 0.29) is 13.2 Å². The normalized spacial score (nSPS) is 9.41. The van der Waals surface area contributed by atoms with E-state index in [1.165, 1.54) is 0 Å². The zero-order valence-corrected chi connectivity index (χ0v) is 9.48. The maximum Gasteiger partial charge on any atom is 0.339 e. The maximum absolute atomic E-state index is 11.4. The van der Waals surface area contributed by atoms with Crippen LogP contribution >= 0.6 is 0 Å². The summed E-state index contributed by atoms with van der Waals surface area (Å²) >= 11 is 0. The Morgan fingerprint density at radius 3 is 2.71 bits per heavy atom. The molecule has 0 aliphatic heterocycles. The minimum Gasteiger partial charge on any atom is -0.449 e. The summed E-state index contributed by atoms with van der Waals surface area (Å²) in [7, 11) is 0. The third kappa shape index (κ3) is 4.58. The highest BCUT2D eigenvalue weighted by Gasteiger charge is 2.05. The molecule has 0 aromatic heterocycles. The topological polar surface area (TPSA) is 58.6 Å². The van der Waals surface area contributed by atoms with Gasteiger partial charge in [0.25, 0.3) is 0 Å². The van der Waals surface area contributed by atoms with Crippen LogP contribution in [0.5, 0.6) is 0 Å². The number of hydrogen-bond acceptors (Lipinski definition) is 4. The van der Waals surface area contributed by atoms with Gasteiger partial charge in [-0.25, -0.2) is 4.79 Å². The Morgan fingerprint density at radius 1 is 1.41 bits per heavy atom. The first kappa shape index (κ1) is 13.1. The van der Waals surface area contributed by atoms with E-state index in [1.54, 1.807) is 24.3 Å². The van der Waals surface area contributed by atoms with Crippen molar-refractivity contribution >= 4 is 11.7 Å². The summed E-state index contributed by atoms with van der Waals surface area (Å²) in [6.07, 6.45) is 5.68. The lowest BCUT2D eigenvalue weighted by Gasteiger charge is -2.06. The Kier molecular flexibility index (Phi) is 5.62. The van der Waals surface area contributed by atoms with Crippen LogP contribution in [0.3, 0.4) is 0 Å². The quantitative estimate of drug-likeness (QED) is 0.441. The lowest BCUT2D eigenvalue weighted by atomic mass is 10.2. The Labute approximate surface area is 101 Å². The first-order valence-corrected chi connectivity index (χ1v) is 5.33. The van der Waals surface area contributed by atoms with Crippen LogP contribution in [0.1, 0.15) is 16.8 Å². The first-order valence-electron chi connectivity index (χ1n) is 5.33. The molecule has 0 bridgehead atoms. The number of carbonyl (C=O) groups is 1. The number of aliphatic hydroxyl groups excluding tert-OH is 1. The highest BCUT2D eigenvalue weighted by molar-refractivity contribution is 5.89. The van der Waals surface area contributed by atoms with E-state index in [9.17, 15) is 4.79 Å². The number of aliphatic hydroxyl groups is 1. The predicted octanol–water partition coefficient (Wildman–Crippen LogP) is 1.27. The molecule has 4 nitrogen and oxygen atoms in total. The van der Waals surface area contributed by atoms with Crippen molar-refractivity contribution in [2.75, 3.05) is 25.1 Å². The second kappa shape index (κ2) is 7.31. The molecule has 0 amide bonds. The van der Waals surface area contributed by atoms with Crippen molar-refractivity contribution < 1.29 is 14.6 Å². The van der Waals surface area contributed by atoms with Gasteiger partial charge >= 0.3 is 5.97 Å². The van der Waals surface area contributed by atoms with E-state index < -0.39 is 5.97 Å². The van der Waals surface area contributed by atoms with Crippen molar-refractivity contribution in [2.45, 2.75) is 6.42 Å². The molecule has 0 aliphatic carbocycles. The van der Waals surface area contributed by atoms with Crippen LogP contribution in [0.25, 0.3) is 0 Å². The van der Waals surface area contributed by atoms with Gasteiger partial charge < -0.3 is 15.2 Å². The SMILES string of the molecule is C#CCOC(=O)c1ccc(NCCCO)cc1. The van der Waals surface area contributed by atoms with Crippen LogP contribution in [0.4, 0.5) is 5.69 Å². The molecule has 0 unspecified atom stereocenters. The van der Waals surface area contributed by atoms with Gasteiger partial charge in [-0.1, -0.05) is 5.92 Å². The summed E-state index contributed by atoms with van der Waals surface area (Å²) < 4.78 is 4.79. The Balaban J connectivity index is 2.50.